The number of hydrogen-bond donors (Lipinski definition) is 1. The van der Waals surface area contributed by atoms with E-state index in [1.807, 2.05) is 0 Å². The van der Waals surface area contributed by atoms with E-state index < -0.39 is 0 Å². The zero-order valence-corrected chi connectivity index (χ0v) is 9.07. The second-order valence-corrected chi connectivity index (χ2v) is 4.27. The van der Waals surface area contributed by atoms with E-state index in [0.29, 0.717) is 11.4 Å². The van der Waals surface area contributed by atoms with Crippen LogP contribution in [-0.4, -0.2) is 15.6 Å². The van der Waals surface area contributed by atoms with Crippen LogP contribution in [0, 0.1) is 5.92 Å². The summed E-state index contributed by atoms with van der Waals surface area (Å²) in [5, 5.41) is 4.00. The van der Waals surface area contributed by atoms with E-state index >= 15 is 0 Å². The fourth-order valence-corrected chi connectivity index (χ4v) is 2.22. The van der Waals surface area contributed by atoms with Crippen molar-refractivity contribution in [2.45, 2.75) is 32.1 Å². The largest absolute Gasteiger partial charge is 0.383 e. The van der Waals surface area contributed by atoms with Gasteiger partial charge in [0.15, 0.2) is 5.78 Å². The van der Waals surface area contributed by atoms with E-state index in [9.17, 15) is 4.79 Å². The fourth-order valence-electron chi connectivity index (χ4n) is 2.22. The highest BCUT2D eigenvalue weighted by molar-refractivity contribution is 6.01. The molecule has 0 radical (unpaired) electrons. The van der Waals surface area contributed by atoms with Crippen molar-refractivity contribution in [1.29, 1.82) is 0 Å². The summed E-state index contributed by atoms with van der Waals surface area (Å²) in [6.07, 6.45) is 7.19. The molecule has 0 amide bonds. The molecule has 2 rings (SSSR count). The lowest BCUT2D eigenvalue weighted by Gasteiger charge is -2.19. The first-order chi connectivity index (χ1) is 7.20. The van der Waals surface area contributed by atoms with Crippen molar-refractivity contribution >= 4 is 11.6 Å². The van der Waals surface area contributed by atoms with Crippen molar-refractivity contribution in [3.8, 4) is 0 Å². The standard InChI is InChI=1S/C11H17N3O/c1-14-11(12)9(7-13-14)10(15)8-5-3-2-4-6-8/h7-8H,2-6,12H2,1H3. The first-order valence-corrected chi connectivity index (χ1v) is 5.52. The van der Waals surface area contributed by atoms with Crippen LogP contribution < -0.4 is 5.73 Å². The highest BCUT2D eigenvalue weighted by atomic mass is 16.1. The first-order valence-electron chi connectivity index (χ1n) is 5.52. The summed E-state index contributed by atoms with van der Waals surface area (Å²) in [7, 11) is 1.76. The molecule has 1 aliphatic carbocycles. The minimum absolute atomic E-state index is 0.172. The first kappa shape index (κ1) is 10.2. The minimum Gasteiger partial charge on any atom is -0.383 e. The summed E-state index contributed by atoms with van der Waals surface area (Å²) in [5.74, 6) is 0.844. The Morgan fingerprint density at radius 1 is 1.47 bits per heavy atom. The molecule has 1 heterocycles. The Balaban J connectivity index is 2.16. The van der Waals surface area contributed by atoms with Crippen molar-refractivity contribution < 1.29 is 4.79 Å². The Labute approximate surface area is 89.5 Å². The van der Waals surface area contributed by atoms with E-state index in [0.717, 1.165) is 25.7 Å². The lowest BCUT2D eigenvalue weighted by Crippen LogP contribution is -2.18. The number of rotatable bonds is 2. The molecule has 4 heteroatoms. The molecule has 4 nitrogen and oxygen atoms in total. The van der Waals surface area contributed by atoms with Gasteiger partial charge in [-0.05, 0) is 12.8 Å². The number of Topliss-reactive ketones (excluding diaryl/α,β-unsaturated/α-hetero) is 1. The molecule has 15 heavy (non-hydrogen) atoms. The molecule has 0 spiro atoms. The molecule has 0 aliphatic heterocycles. The van der Waals surface area contributed by atoms with Gasteiger partial charge < -0.3 is 5.73 Å². The highest BCUT2D eigenvalue weighted by Gasteiger charge is 2.25. The lowest BCUT2D eigenvalue weighted by molar-refractivity contribution is 0.0890. The van der Waals surface area contributed by atoms with Crippen molar-refractivity contribution in [3.63, 3.8) is 0 Å². The van der Waals surface area contributed by atoms with Gasteiger partial charge in [-0.1, -0.05) is 19.3 Å². The van der Waals surface area contributed by atoms with Gasteiger partial charge >= 0.3 is 0 Å². The van der Waals surface area contributed by atoms with Crippen LogP contribution in [0.3, 0.4) is 0 Å². The van der Waals surface area contributed by atoms with Crippen molar-refractivity contribution in [2.75, 3.05) is 5.73 Å². The van der Waals surface area contributed by atoms with E-state index in [2.05, 4.69) is 5.10 Å². The molecule has 82 valence electrons. The second kappa shape index (κ2) is 4.04. The van der Waals surface area contributed by atoms with E-state index in [1.54, 1.807) is 17.9 Å². The van der Waals surface area contributed by atoms with Crippen molar-refractivity contribution in [3.05, 3.63) is 11.8 Å². The van der Waals surface area contributed by atoms with Crippen LogP contribution in [0.4, 0.5) is 5.82 Å². The summed E-state index contributed by atoms with van der Waals surface area (Å²) >= 11 is 0. The topological polar surface area (TPSA) is 60.9 Å². The molecule has 1 fully saturated rings. The van der Waals surface area contributed by atoms with Crippen LogP contribution in [0.25, 0.3) is 0 Å². The smallest absolute Gasteiger partial charge is 0.171 e. The van der Waals surface area contributed by atoms with Crippen LogP contribution in [0.15, 0.2) is 6.20 Å². The Bertz CT molecular complexity index is 364. The number of carbonyl (C=O) groups excluding carboxylic acids is 1. The summed E-state index contributed by atoms with van der Waals surface area (Å²) < 4.78 is 1.55. The number of aryl methyl sites for hydroxylation is 1. The normalized spacial score (nSPS) is 17.9. The average molecular weight is 207 g/mol. The van der Waals surface area contributed by atoms with Crippen LogP contribution in [0.5, 0.6) is 0 Å². The van der Waals surface area contributed by atoms with Gasteiger partial charge in [0.25, 0.3) is 0 Å². The summed E-state index contributed by atoms with van der Waals surface area (Å²) in [5.41, 5.74) is 6.39. The zero-order chi connectivity index (χ0) is 10.8. The van der Waals surface area contributed by atoms with Crippen molar-refractivity contribution in [1.82, 2.24) is 9.78 Å². The fraction of sp³-hybridized carbons (Fsp3) is 0.636. The number of anilines is 1. The van der Waals surface area contributed by atoms with Gasteiger partial charge in [0.2, 0.25) is 0 Å². The molecule has 0 saturated heterocycles. The molecule has 1 aromatic heterocycles. The third-order valence-electron chi connectivity index (χ3n) is 3.23. The van der Waals surface area contributed by atoms with E-state index in [4.69, 9.17) is 5.73 Å². The monoisotopic (exact) mass is 207 g/mol. The second-order valence-electron chi connectivity index (χ2n) is 4.27. The molecular weight excluding hydrogens is 190 g/mol. The van der Waals surface area contributed by atoms with Gasteiger partial charge in [-0.3, -0.25) is 9.48 Å². The summed E-state index contributed by atoms with van der Waals surface area (Å²) in [4.78, 5) is 12.1. The Morgan fingerprint density at radius 2 is 2.13 bits per heavy atom. The third kappa shape index (κ3) is 1.89. The third-order valence-corrected chi connectivity index (χ3v) is 3.23. The molecule has 0 bridgehead atoms. The molecule has 0 aromatic carbocycles. The zero-order valence-electron chi connectivity index (χ0n) is 9.07. The number of nitrogens with zero attached hydrogens (tertiary/aromatic N) is 2. The maximum atomic E-state index is 12.1. The number of ketones is 1. The Kier molecular flexibility index (Phi) is 2.75. The Morgan fingerprint density at radius 3 is 2.67 bits per heavy atom. The maximum absolute atomic E-state index is 12.1. The number of carbonyl (C=O) groups is 1. The number of hydrogen-bond acceptors (Lipinski definition) is 3. The summed E-state index contributed by atoms with van der Waals surface area (Å²) in [6.45, 7) is 0. The molecule has 2 N–H and O–H groups in total. The van der Waals surface area contributed by atoms with E-state index in [-0.39, 0.29) is 11.7 Å². The SMILES string of the molecule is Cn1ncc(C(=O)C2CCCCC2)c1N. The van der Waals surface area contributed by atoms with Gasteiger partial charge in [-0.2, -0.15) is 5.10 Å². The molecule has 1 aromatic rings. The lowest BCUT2D eigenvalue weighted by atomic mass is 9.84. The average Bonchev–Trinajstić information content (AvgIpc) is 2.60. The van der Waals surface area contributed by atoms with Crippen molar-refractivity contribution in [2.24, 2.45) is 13.0 Å². The molecule has 0 unspecified atom stereocenters. The van der Waals surface area contributed by atoms with Gasteiger partial charge in [-0.25, -0.2) is 0 Å². The molecule has 1 saturated carbocycles. The van der Waals surface area contributed by atoms with Crippen LogP contribution >= 0.6 is 0 Å². The van der Waals surface area contributed by atoms with Crippen LogP contribution in [-0.2, 0) is 7.05 Å². The highest BCUT2D eigenvalue weighted by Crippen LogP contribution is 2.28. The predicted molar refractivity (Wildman–Crippen MR) is 58.5 cm³/mol. The maximum Gasteiger partial charge on any atom is 0.171 e. The quantitative estimate of drug-likeness (QED) is 0.752. The summed E-state index contributed by atoms with van der Waals surface area (Å²) in [6, 6.07) is 0. The van der Waals surface area contributed by atoms with Gasteiger partial charge in [0.1, 0.15) is 5.82 Å². The van der Waals surface area contributed by atoms with E-state index in [1.165, 1.54) is 6.42 Å². The van der Waals surface area contributed by atoms with Gasteiger partial charge in [0, 0.05) is 13.0 Å². The van der Waals surface area contributed by atoms with Gasteiger partial charge in [-0.15, -0.1) is 0 Å². The number of aromatic nitrogens is 2. The predicted octanol–water partition coefficient (Wildman–Crippen LogP) is 1.77. The van der Waals surface area contributed by atoms with Gasteiger partial charge in [0.05, 0.1) is 11.8 Å². The molecule has 0 atom stereocenters. The Hall–Kier alpha value is -1.32. The van der Waals surface area contributed by atoms with Crippen LogP contribution in [0.1, 0.15) is 42.5 Å². The number of nitrogens with two attached hydrogens (primary N) is 1. The minimum atomic E-state index is 0.172. The van der Waals surface area contributed by atoms with Crippen LogP contribution in [0.2, 0.25) is 0 Å². The molecule has 1 aliphatic rings. The number of nitrogen functional groups attached to an aromatic ring is 1. The molecular formula is C11H17N3O.